The summed E-state index contributed by atoms with van der Waals surface area (Å²) in [5.41, 5.74) is 6.69. The normalized spacial score (nSPS) is 11.7. The lowest BCUT2D eigenvalue weighted by Gasteiger charge is -2.29. The molecule has 0 unspecified atom stereocenters. The van der Waals surface area contributed by atoms with E-state index in [1.54, 1.807) is 18.2 Å². The molecule has 0 spiro atoms. The predicted molar refractivity (Wildman–Crippen MR) is 76.8 cm³/mol. The van der Waals surface area contributed by atoms with Gasteiger partial charge in [-0.2, -0.15) is 0 Å². The van der Waals surface area contributed by atoms with Crippen LogP contribution in [0, 0.1) is 11.3 Å². The molecule has 1 amide bonds. The molecule has 1 aromatic carbocycles. The van der Waals surface area contributed by atoms with Crippen molar-refractivity contribution in [1.82, 2.24) is 5.32 Å². The maximum atomic E-state index is 12.0. The molecule has 0 heterocycles. The zero-order chi connectivity index (χ0) is 13.9. The highest BCUT2D eigenvalue weighted by Crippen LogP contribution is 2.25. The quantitative estimate of drug-likeness (QED) is 0.823. The van der Waals surface area contributed by atoms with Crippen molar-refractivity contribution >= 4 is 23.2 Å². The smallest absolute Gasteiger partial charge is 0.251 e. The van der Waals surface area contributed by atoms with Gasteiger partial charge in [0.05, 0.1) is 10.7 Å². The SMILES string of the molecule is CC(C)C(C)(C)CNC(=O)c1ccc(N)c(Cl)c1. The molecule has 0 radical (unpaired) electrons. The summed E-state index contributed by atoms with van der Waals surface area (Å²) >= 11 is 5.89. The minimum atomic E-state index is -0.120. The van der Waals surface area contributed by atoms with E-state index in [0.717, 1.165) is 0 Å². The summed E-state index contributed by atoms with van der Waals surface area (Å²) in [5, 5.41) is 3.34. The van der Waals surface area contributed by atoms with E-state index in [2.05, 4.69) is 33.0 Å². The van der Waals surface area contributed by atoms with Crippen LogP contribution in [0.1, 0.15) is 38.1 Å². The Labute approximate surface area is 114 Å². The number of hydrogen-bond donors (Lipinski definition) is 2. The second-order valence-corrected chi connectivity index (χ2v) is 5.97. The fraction of sp³-hybridized carbons (Fsp3) is 0.500. The number of rotatable bonds is 4. The Morgan fingerprint density at radius 2 is 2.06 bits per heavy atom. The van der Waals surface area contributed by atoms with Gasteiger partial charge in [-0.25, -0.2) is 0 Å². The van der Waals surface area contributed by atoms with Gasteiger partial charge in [-0.05, 0) is 29.5 Å². The standard InChI is InChI=1S/C14H21ClN2O/c1-9(2)14(3,4)8-17-13(18)10-5-6-12(16)11(15)7-10/h5-7,9H,8,16H2,1-4H3,(H,17,18). The third-order valence-electron chi connectivity index (χ3n) is 3.53. The Morgan fingerprint density at radius 3 is 2.56 bits per heavy atom. The number of nitrogens with one attached hydrogen (secondary N) is 1. The van der Waals surface area contributed by atoms with Gasteiger partial charge in [-0.3, -0.25) is 4.79 Å². The summed E-state index contributed by atoms with van der Waals surface area (Å²) in [6, 6.07) is 4.92. The number of carbonyl (C=O) groups is 1. The Hall–Kier alpha value is -1.22. The van der Waals surface area contributed by atoms with Crippen LogP contribution in [0.3, 0.4) is 0 Å². The van der Waals surface area contributed by atoms with Crippen LogP contribution in [0.25, 0.3) is 0 Å². The minimum absolute atomic E-state index is 0.0628. The van der Waals surface area contributed by atoms with Gasteiger partial charge in [0.25, 0.3) is 5.91 Å². The van der Waals surface area contributed by atoms with Crippen molar-refractivity contribution in [3.63, 3.8) is 0 Å². The summed E-state index contributed by atoms with van der Waals surface area (Å²) in [5.74, 6) is 0.374. The highest BCUT2D eigenvalue weighted by Gasteiger charge is 2.23. The van der Waals surface area contributed by atoms with Gasteiger partial charge in [-0.15, -0.1) is 0 Å². The first-order chi connectivity index (χ1) is 8.24. The molecule has 100 valence electrons. The Kier molecular flexibility index (Phi) is 4.63. The zero-order valence-electron chi connectivity index (χ0n) is 11.4. The van der Waals surface area contributed by atoms with Crippen molar-refractivity contribution in [3.05, 3.63) is 28.8 Å². The Bertz CT molecular complexity index is 441. The van der Waals surface area contributed by atoms with Crippen LogP contribution in [0.15, 0.2) is 18.2 Å². The number of hydrogen-bond acceptors (Lipinski definition) is 2. The third-order valence-corrected chi connectivity index (χ3v) is 3.86. The van der Waals surface area contributed by atoms with E-state index in [0.29, 0.717) is 28.7 Å². The second-order valence-electron chi connectivity index (χ2n) is 5.56. The first-order valence-corrected chi connectivity index (χ1v) is 6.45. The predicted octanol–water partition coefficient (Wildman–Crippen LogP) is 3.33. The van der Waals surface area contributed by atoms with Crippen molar-refractivity contribution < 1.29 is 4.79 Å². The number of amides is 1. The number of nitrogens with two attached hydrogens (primary N) is 1. The molecule has 0 aromatic heterocycles. The molecule has 0 atom stereocenters. The fourth-order valence-electron chi connectivity index (χ4n) is 1.28. The molecule has 4 heteroatoms. The molecule has 0 aliphatic rings. The van der Waals surface area contributed by atoms with Gasteiger partial charge in [0.1, 0.15) is 0 Å². The van der Waals surface area contributed by atoms with Crippen LogP contribution in [0.2, 0.25) is 5.02 Å². The van der Waals surface area contributed by atoms with Crippen molar-refractivity contribution in [2.24, 2.45) is 11.3 Å². The maximum absolute atomic E-state index is 12.0. The van der Waals surface area contributed by atoms with E-state index in [4.69, 9.17) is 17.3 Å². The molecular formula is C14H21ClN2O. The van der Waals surface area contributed by atoms with Gasteiger partial charge in [-0.1, -0.05) is 39.3 Å². The van der Waals surface area contributed by atoms with Crippen LogP contribution < -0.4 is 11.1 Å². The van der Waals surface area contributed by atoms with Crippen LogP contribution >= 0.6 is 11.6 Å². The first-order valence-electron chi connectivity index (χ1n) is 6.07. The number of halogens is 1. The van der Waals surface area contributed by atoms with Gasteiger partial charge in [0.2, 0.25) is 0 Å². The molecular weight excluding hydrogens is 248 g/mol. The summed E-state index contributed by atoms with van der Waals surface area (Å²) in [7, 11) is 0. The van der Waals surface area contributed by atoms with Gasteiger partial charge >= 0.3 is 0 Å². The summed E-state index contributed by atoms with van der Waals surface area (Å²) in [6.07, 6.45) is 0. The monoisotopic (exact) mass is 268 g/mol. The first kappa shape index (κ1) is 14.8. The van der Waals surface area contributed by atoms with Crippen LogP contribution in [0.5, 0.6) is 0 Å². The molecule has 0 aliphatic heterocycles. The van der Waals surface area contributed by atoms with E-state index in [9.17, 15) is 4.79 Å². The molecule has 0 fully saturated rings. The van der Waals surface area contributed by atoms with Gasteiger partial charge in [0.15, 0.2) is 0 Å². The third kappa shape index (κ3) is 3.64. The molecule has 3 nitrogen and oxygen atoms in total. The Morgan fingerprint density at radius 1 is 1.44 bits per heavy atom. The van der Waals surface area contributed by atoms with Crippen LogP contribution in [0.4, 0.5) is 5.69 Å². The molecule has 0 saturated heterocycles. The second kappa shape index (κ2) is 5.61. The number of nitrogen functional groups attached to an aromatic ring is 1. The zero-order valence-corrected chi connectivity index (χ0v) is 12.1. The molecule has 3 N–H and O–H groups in total. The highest BCUT2D eigenvalue weighted by molar-refractivity contribution is 6.33. The number of carbonyl (C=O) groups excluding carboxylic acids is 1. The lowest BCUT2D eigenvalue weighted by Crippen LogP contribution is -2.36. The molecule has 18 heavy (non-hydrogen) atoms. The summed E-state index contributed by atoms with van der Waals surface area (Å²) in [6.45, 7) is 9.19. The Balaban J connectivity index is 2.69. The largest absolute Gasteiger partial charge is 0.398 e. The molecule has 0 aliphatic carbocycles. The van der Waals surface area contributed by atoms with Gasteiger partial charge < -0.3 is 11.1 Å². The average molecular weight is 269 g/mol. The lowest BCUT2D eigenvalue weighted by molar-refractivity contribution is 0.0925. The molecule has 0 bridgehead atoms. The highest BCUT2D eigenvalue weighted by atomic mass is 35.5. The van der Waals surface area contributed by atoms with E-state index in [-0.39, 0.29) is 11.3 Å². The van der Waals surface area contributed by atoms with Gasteiger partial charge in [0, 0.05) is 12.1 Å². The molecule has 1 aromatic rings. The summed E-state index contributed by atoms with van der Waals surface area (Å²) < 4.78 is 0. The van der Waals surface area contributed by atoms with Crippen molar-refractivity contribution in [3.8, 4) is 0 Å². The van der Waals surface area contributed by atoms with E-state index in [1.165, 1.54) is 0 Å². The van der Waals surface area contributed by atoms with Crippen LogP contribution in [-0.2, 0) is 0 Å². The maximum Gasteiger partial charge on any atom is 0.251 e. The minimum Gasteiger partial charge on any atom is -0.398 e. The van der Waals surface area contributed by atoms with E-state index < -0.39 is 0 Å². The molecule has 1 rings (SSSR count). The van der Waals surface area contributed by atoms with E-state index in [1.807, 2.05) is 0 Å². The van der Waals surface area contributed by atoms with Crippen molar-refractivity contribution in [2.45, 2.75) is 27.7 Å². The van der Waals surface area contributed by atoms with Crippen molar-refractivity contribution in [1.29, 1.82) is 0 Å². The molecule has 0 saturated carbocycles. The van der Waals surface area contributed by atoms with Crippen LogP contribution in [-0.4, -0.2) is 12.5 Å². The number of anilines is 1. The van der Waals surface area contributed by atoms with Crippen molar-refractivity contribution in [2.75, 3.05) is 12.3 Å². The number of benzene rings is 1. The summed E-state index contributed by atoms with van der Waals surface area (Å²) in [4.78, 5) is 12.0. The average Bonchev–Trinajstić information content (AvgIpc) is 2.29. The fourth-order valence-corrected chi connectivity index (χ4v) is 1.46. The van der Waals surface area contributed by atoms with E-state index >= 15 is 0 Å². The lowest BCUT2D eigenvalue weighted by atomic mass is 9.81. The topological polar surface area (TPSA) is 55.1 Å².